The lowest BCUT2D eigenvalue weighted by atomic mass is 10.0. The summed E-state index contributed by atoms with van der Waals surface area (Å²) in [7, 11) is 0. The Kier molecular flexibility index (Phi) is 5.02. The summed E-state index contributed by atoms with van der Waals surface area (Å²) in [6, 6.07) is 12.6. The summed E-state index contributed by atoms with van der Waals surface area (Å²) >= 11 is 11.8. The van der Waals surface area contributed by atoms with Crippen LogP contribution in [0, 0.1) is 12.7 Å². The van der Waals surface area contributed by atoms with Crippen LogP contribution in [0.15, 0.2) is 54.7 Å². The number of aromatic nitrogens is 1. The Hall–Kier alpha value is -2.43. The molecule has 0 aliphatic carbocycles. The van der Waals surface area contributed by atoms with E-state index in [-0.39, 0.29) is 0 Å². The summed E-state index contributed by atoms with van der Waals surface area (Å²) < 4.78 is 14.4. The lowest BCUT2D eigenvalue weighted by Crippen LogP contribution is -2.12. The summed E-state index contributed by atoms with van der Waals surface area (Å²) in [5, 5.41) is 3.34. The minimum atomic E-state index is -0.437. The largest absolute Gasteiger partial charge is 0.322 e. The first-order valence-corrected chi connectivity index (χ1v) is 8.18. The Morgan fingerprint density at radius 3 is 2.40 bits per heavy atom. The predicted octanol–water partition coefficient (Wildman–Crippen LogP) is 5.76. The van der Waals surface area contributed by atoms with Crippen LogP contribution in [0.4, 0.5) is 10.1 Å². The van der Waals surface area contributed by atoms with E-state index in [1.807, 2.05) is 6.92 Å². The monoisotopic (exact) mass is 374 g/mol. The average molecular weight is 375 g/mol. The van der Waals surface area contributed by atoms with Gasteiger partial charge >= 0.3 is 0 Å². The molecule has 0 bridgehead atoms. The topological polar surface area (TPSA) is 42.0 Å². The summed E-state index contributed by atoms with van der Waals surface area (Å²) in [6.45, 7) is 1.84. The van der Waals surface area contributed by atoms with Gasteiger partial charge in [0.05, 0.1) is 0 Å². The molecule has 0 radical (unpaired) electrons. The van der Waals surface area contributed by atoms with Crippen LogP contribution in [0.2, 0.25) is 10.0 Å². The molecule has 0 fully saturated rings. The number of hydrogen-bond acceptors (Lipinski definition) is 2. The van der Waals surface area contributed by atoms with Crippen molar-refractivity contribution in [2.45, 2.75) is 6.92 Å². The highest BCUT2D eigenvalue weighted by molar-refractivity contribution is 6.35. The molecule has 1 amide bonds. The predicted molar refractivity (Wildman–Crippen MR) is 98.8 cm³/mol. The molecule has 0 atom stereocenters. The number of pyridine rings is 1. The molecule has 1 N–H and O–H groups in total. The smallest absolute Gasteiger partial charge is 0.255 e. The van der Waals surface area contributed by atoms with Gasteiger partial charge in [-0.2, -0.15) is 0 Å². The van der Waals surface area contributed by atoms with Gasteiger partial charge in [-0.3, -0.25) is 9.78 Å². The molecule has 6 heteroatoms. The van der Waals surface area contributed by atoms with Crippen molar-refractivity contribution in [3.63, 3.8) is 0 Å². The maximum absolute atomic E-state index is 14.4. The van der Waals surface area contributed by atoms with Gasteiger partial charge in [0.2, 0.25) is 0 Å². The number of carbonyl (C=O) groups is 1. The molecule has 3 aromatic rings. The third-order valence-corrected chi connectivity index (χ3v) is 4.00. The summed E-state index contributed by atoms with van der Waals surface area (Å²) in [4.78, 5) is 16.4. The first-order valence-electron chi connectivity index (χ1n) is 7.42. The minimum absolute atomic E-state index is 0.298. The number of anilines is 1. The van der Waals surface area contributed by atoms with Crippen molar-refractivity contribution in [1.82, 2.24) is 4.98 Å². The van der Waals surface area contributed by atoms with Crippen molar-refractivity contribution >= 4 is 34.8 Å². The SMILES string of the molecule is Cc1cc(-c2ccc(NC(=O)c3cc(Cl)cc(Cl)c3)cc2F)ccn1. The first kappa shape index (κ1) is 17.4. The normalized spacial score (nSPS) is 10.6. The molecule has 0 unspecified atom stereocenters. The second kappa shape index (κ2) is 7.21. The van der Waals surface area contributed by atoms with E-state index >= 15 is 0 Å². The van der Waals surface area contributed by atoms with Gasteiger partial charge in [-0.25, -0.2) is 4.39 Å². The molecule has 1 heterocycles. The highest BCUT2D eigenvalue weighted by atomic mass is 35.5. The molecule has 0 aliphatic rings. The van der Waals surface area contributed by atoms with E-state index in [4.69, 9.17) is 23.2 Å². The fraction of sp³-hybridized carbons (Fsp3) is 0.0526. The van der Waals surface area contributed by atoms with Crippen LogP contribution in [-0.4, -0.2) is 10.9 Å². The lowest BCUT2D eigenvalue weighted by molar-refractivity contribution is 0.102. The Bertz CT molecular complexity index is 940. The molecule has 25 heavy (non-hydrogen) atoms. The molecular formula is C19H13Cl2FN2O. The molecular weight excluding hydrogens is 362 g/mol. The second-order valence-electron chi connectivity index (χ2n) is 5.49. The highest BCUT2D eigenvalue weighted by Crippen LogP contribution is 2.26. The molecule has 3 nitrogen and oxygen atoms in total. The third-order valence-electron chi connectivity index (χ3n) is 3.56. The van der Waals surface area contributed by atoms with Crippen LogP contribution in [0.3, 0.4) is 0 Å². The van der Waals surface area contributed by atoms with Gasteiger partial charge in [-0.05, 0) is 61.0 Å². The van der Waals surface area contributed by atoms with Crippen molar-refractivity contribution in [2.75, 3.05) is 5.32 Å². The molecule has 0 aliphatic heterocycles. The van der Waals surface area contributed by atoms with Crippen molar-refractivity contribution in [3.05, 3.63) is 81.8 Å². The van der Waals surface area contributed by atoms with E-state index in [1.54, 1.807) is 30.5 Å². The minimum Gasteiger partial charge on any atom is -0.322 e. The van der Waals surface area contributed by atoms with E-state index in [0.29, 0.717) is 26.9 Å². The Balaban J connectivity index is 1.84. The van der Waals surface area contributed by atoms with E-state index in [1.165, 1.54) is 24.3 Å². The van der Waals surface area contributed by atoms with Crippen LogP contribution in [-0.2, 0) is 0 Å². The number of benzene rings is 2. The van der Waals surface area contributed by atoms with Crippen LogP contribution >= 0.6 is 23.2 Å². The average Bonchev–Trinajstić information content (AvgIpc) is 2.54. The van der Waals surface area contributed by atoms with Gasteiger partial charge in [0.15, 0.2) is 0 Å². The van der Waals surface area contributed by atoms with Gasteiger partial charge in [0.25, 0.3) is 5.91 Å². The van der Waals surface area contributed by atoms with E-state index in [9.17, 15) is 9.18 Å². The molecule has 0 saturated heterocycles. The summed E-state index contributed by atoms with van der Waals surface area (Å²) in [5.74, 6) is -0.858. The van der Waals surface area contributed by atoms with Gasteiger partial charge < -0.3 is 5.32 Å². The molecule has 0 spiro atoms. The van der Waals surface area contributed by atoms with Gasteiger partial charge in [-0.1, -0.05) is 23.2 Å². The Morgan fingerprint density at radius 1 is 1.04 bits per heavy atom. The Labute approximate surface area is 154 Å². The standard InChI is InChI=1S/C19H13Cl2FN2O/c1-11-6-12(4-5-23-11)17-3-2-16(10-18(17)22)24-19(25)13-7-14(20)9-15(21)8-13/h2-10H,1H3,(H,24,25). The lowest BCUT2D eigenvalue weighted by Gasteiger charge is -2.09. The van der Waals surface area contributed by atoms with Crippen LogP contribution in [0.1, 0.15) is 16.1 Å². The molecule has 3 rings (SSSR count). The van der Waals surface area contributed by atoms with Crippen molar-refractivity contribution in [1.29, 1.82) is 0 Å². The summed E-state index contributed by atoms with van der Waals surface area (Å²) in [5.41, 5.74) is 2.60. The second-order valence-corrected chi connectivity index (χ2v) is 6.37. The summed E-state index contributed by atoms with van der Waals surface area (Å²) in [6.07, 6.45) is 1.63. The zero-order valence-corrected chi connectivity index (χ0v) is 14.7. The van der Waals surface area contributed by atoms with Crippen LogP contribution in [0.25, 0.3) is 11.1 Å². The first-order chi connectivity index (χ1) is 11.9. The fourth-order valence-electron chi connectivity index (χ4n) is 2.43. The third kappa shape index (κ3) is 4.16. The van der Waals surface area contributed by atoms with Crippen molar-refractivity contribution in [2.24, 2.45) is 0 Å². The van der Waals surface area contributed by atoms with Crippen molar-refractivity contribution in [3.8, 4) is 11.1 Å². The number of carbonyl (C=O) groups excluding carboxylic acids is 1. The zero-order valence-electron chi connectivity index (χ0n) is 13.2. The van der Waals surface area contributed by atoms with Crippen LogP contribution in [0.5, 0.6) is 0 Å². The number of rotatable bonds is 3. The number of halogens is 3. The van der Waals surface area contributed by atoms with Gasteiger partial charge in [-0.15, -0.1) is 0 Å². The van der Waals surface area contributed by atoms with Crippen LogP contribution < -0.4 is 5.32 Å². The number of hydrogen-bond donors (Lipinski definition) is 1. The quantitative estimate of drug-likeness (QED) is 0.633. The number of amides is 1. The van der Waals surface area contributed by atoms with Gasteiger partial charge in [0.1, 0.15) is 5.82 Å². The maximum atomic E-state index is 14.4. The van der Waals surface area contributed by atoms with Crippen molar-refractivity contribution < 1.29 is 9.18 Å². The number of nitrogens with one attached hydrogen (secondary N) is 1. The molecule has 2 aromatic carbocycles. The van der Waals surface area contributed by atoms with E-state index in [2.05, 4.69) is 10.3 Å². The maximum Gasteiger partial charge on any atom is 0.255 e. The van der Waals surface area contributed by atoms with E-state index in [0.717, 1.165) is 11.3 Å². The molecule has 126 valence electrons. The Morgan fingerprint density at radius 2 is 1.76 bits per heavy atom. The number of nitrogens with zero attached hydrogens (tertiary/aromatic N) is 1. The molecule has 0 saturated carbocycles. The molecule has 1 aromatic heterocycles. The van der Waals surface area contributed by atoms with Gasteiger partial charge in [0, 0.05) is 38.8 Å². The van der Waals surface area contributed by atoms with E-state index < -0.39 is 11.7 Å². The fourth-order valence-corrected chi connectivity index (χ4v) is 2.95. The zero-order chi connectivity index (χ0) is 18.0. The highest BCUT2D eigenvalue weighted by Gasteiger charge is 2.11. The number of aryl methyl sites for hydroxylation is 1.